The predicted octanol–water partition coefficient (Wildman–Crippen LogP) is 3.02. The second kappa shape index (κ2) is 5.54. The lowest BCUT2D eigenvalue weighted by atomic mass is 9.64. The molecule has 0 aromatic heterocycles. The number of aliphatic hydroxyl groups excluding tert-OH is 1. The van der Waals surface area contributed by atoms with Gasteiger partial charge in [-0.2, -0.15) is 0 Å². The first-order valence-electron chi connectivity index (χ1n) is 7.52. The molecule has 22 heavy (non-hydrogen) atoms. The monoisotopic (exact) mass is 300 g/mol. The molecule has 0 amide bonds. The van der Waals surface area contributed by atoms with Crippen molar-refractivity contribution < 1.29 is 20.4 Å². The average Bonchev–Trinajstić information content (AvgIpc) is 2.52. The van der Waals surface area contributed by atoms with Crippen LogP contribution in [0.1, 0.15) is 36.8 Å². The Balaban J connectivity index is 2.20. The minimum atomic E-state index is -0.604. The van der Waals surface area contributed by atoms with Crippen LogP contribution in [0.4, 0.5) is 0 Å². The molecule has 2 aromatic rings. The van der Waals surface area contributed by atoms with Crippen LogP contribution in [-0.4, -0.2) is 26.5 Å². The van der Waals surface area contributed by atoms with Gasteiger partial charge in [0.15, 0.2) is 0 Å². The van der Waals surface area contributed by atoms with Gasteiger partial charge >= 0.3 is 0 Å². The normalized spacial score (nSPS) is 25.0. The third kappa shape index (κ3) is 2.40. The molecule has 0 saturated heterocycles. The molecule has 1 aliphatic carbocycles. The summed E-state index contributed by atoms with van der Waals surface area (Å²) in [5.41, 5.74) is 0.719. The first-order chi connectivity index (χ1) is 10.5. The van der Waals surface area contributed by atoms with Crippen molar-refractivity contribution in [3.8, 4) is 17.2 Å². The van der Waals surface area contributed by atoms with E-state index in [1.54, 1.807) is 18.2 Å². The van der Waals surface area contributed by atoms with Gasteiger partial charge in [0.2, 0.25) is 0 Å². The number of hydrogen-bond donors (Lipinski definition) is 4. The number of aromatic hydroxyl groups is 3. The van der Waals surface area contributed by atoms with Gasteiger partial charge in [0.25, 0.3) is 0 Å². The Morgan fingerprint density at radius 2 is 1.45 bits per heavy atom. The molecule has 0 bridgehead atoms. The van der Waals surface area contributed by atoms with E-state index in [1.165, 1.54) is 12.1 Å². The van der Waals surface area contributed by atoms with E-state index in [-0.39, 0.29) is 23.4 Å². The van der Waals surface area contributed by atoms with E-state index in [9.17, 15) is 20.4 Å². The van der Waals surface area contributed by atoms with Crippen molar-refractivity contribution in [2.24, 2.45) is 0 Å². The highest BCUT2D eigenvalue weighted by molar-refractivity contribution is 5.53. The SMILES string of the molecule is Oc1ccc(O)c(C2(c3ccccc3O)CCC(O)CC2)c1. The molecule has 0 aliphatic heterocycles. The number of hydrogen-bond acceptors (Lipinski definition) is 4. The van der Waals surface area contributed by atoms with E-state index in [1.807, 2.05) is 12.1 Å². The first kappa shape index (κ1) is 14.7. The summed E-state index contributed by atoms with van der Waals surface area (Å²) in [7, 11) is 0. The topological polar surface area (TPSA) is 80.9 Å². The van der Waals surface area contributed by atoms with Crippen LogP contribution in [0.25, 0.3) is 0 Å². The lowest BCUT2D eigenvalue weighted by molar-refractivity contribution is 0.104. The Kier molecular flexibility index (Phi) is 3.71. The molecule has 0 heterocycles. The maximum absolute atomic E-state index is 10.3. The van der Waals surface area contributed by atoms with Crippen LogP contribution in [0.2, 0.25) is 0 Å². The molecular formula is C18H20O4. The molecule has 2 aromatic carbocycles. The maximum Gasteiger partial charge on any atom is 0.119 e. The number of para-hydroxylation sites is 1. The molecule has 0 unspecified atom stereocenters. The smallest absolute Gasteiger partial charge is 0.119 e. The Morgan fingerprint density at radius 1 is 0.818 bits per heavy atom. The van der Waals surface area contributed by atoms with E-state index >= 15 is 0 Å². The second-order valence-corrected chi connectivity index (χ2v) is 6.03. The minimum absolute atomic E-state index is 0.0775. The fourth-order valence-corrected chi connectivity index (χ4v) is 3.56. The predicted molar refractivity (Wildman–Crippen MR) is 83.1 cm³/mol. The Bertz CT molecular complexity index is 673. The van der Waals surface area contributed by atoms with Crippen molar-refractivity contribution in [3.63, 3.8) is 0 Å². The highest BCUT2D eigenvalue weighted by Crippen LogP contribution is 2.50. The zero-order valence-corrected chi connectivity index (χ0v) is 12.2. The molecule has 0 atom stereocenters. The maximum atomic E-state index is 10.3. The zero-order chi connectivity index (χ0) is 15.7. The number of phenols is 3. The molecule has 4 heteroatoms. The van der Waals surface area contributed by atoms with Gasteiger partial charge < -0.3 is 20.4 Å². The van der Waals surface area contributed by atoms with Crippen LogP contribution >= 0.6 is 0 Å². The van der Waals surface area contributed by atoms with Crippen LogP contribution in [-0.2, 0) is 5.41 Å². The van der Waals surface area contributed by atoms with Gasteiger partial charge in [-0.15, -0.1) is 0 Å². The van der Waals surface area contributed by atoms with Crippen molar-refractivity contribution in [2.75, 3.05) is 0 Å². The summed E-state index contributed by atoms with van der Waals surface area (Å²) in [6.07, 6.45) is 2.01. The third-order valence-corrected chi connectivity index (χ3v) is 4.72. The molecule has 3 rings (SSSR count). The van der Waals surface area contributed by atoms with E-state index in [2.05, 4.69) is 0 Å². The zero-order valence-electron chi connectivity index (χ0n) is 12.2. The van der Waals surface area contributed by atoms with Crippen LogP contribution in [0.3, 0.4) is 0 Å². The third-order valence-electron chi connectivity index (χ3n) is 4.72. The molecule has 4 N–H and O–H groups in total. The van der Waals surface area contributed by atoms with Gasteiger partial charge in [0.1, 0.15) is 17.2 Å². The summed E-state index contributed by atoms with van der Waals surface area (Å²) in [5.74, 6) is 0.341. The van der Waals surface area contributed by atoms with Crippen LogP contribution in [0, 0.1) is 0 Å². The number of benzene rings is 2. The van der Waals surface area contributed by atoms with Gasteiger partial charge in [-0.1, -0.05) is 18.2 Å². The van der Waals surface area contributed by atoms with Crippen LogP contribution in [0.15, 0.2) is 42.5 Å². The second-order valence-electron chi connectivity index (χ2n) is 6.03. The summed E-state index contributed by atoms with van der Waals surface area (Å²) in [6, 6.07) is 11.5. The highest BCUT2D eigenvalue weighted by Gasteiger charge is 2.41. The molecule has 0 spiro atoms. The Hall–Kier alpha value is -2.20. The standard InChI is InChI=1S/C18H20O4/c19-12-7-9-18(10-8-12,14-3-1-2-4-16(14)21)15-11-13(20)5-6-17(15)22/h1-6,11-12,19-22H,7-10H2. The average molecular weight is 300 g/mol. The first-order valence-corrected chi connectivity index (χ1v) is 7.52. The number of rotatable bonds is 2. The van der Waals surface area contributed by atoms with Crippen LogP contribution in [0.5, 0.6) is 17.2 Å². The molecule has 4 nitrogen and oxygen atoms in total. The largest absolute Gasteiger partial charge is 0.508 e. The van der Waals surface area contributed by atoms with E-state index in [4.69, 9.17) is 0 Å². The van der Waals surface area contributed by atoms with Gasteiger partial charge in [0, 0.05) is 16.5 Å². The lowest BCUT2D eigenvalue weighted by Gasteiger charge is -2.40. The van der Waals surface area contributed by atoms with E-state index < -0.39 is 5.41 Å². The fourth-order valence-electron chi connectivity index (χ4n) is 3.56. The van der Waals surface area contributed by atoms with Crippen molar-refractivity contribution in [1.29, 1.82) is 0 Å². The molecule has 0 radical (unpaired) electrons. The molecule has 116 valence electrons. The van der Waals surface area contributed by atoms with Crippen molar-refractivity contribution >= 4 is 0 Å². The van der Waals surface area contributed by atoms with Crippen molar-refractivity contribution in [3.05, 3.63) is 53.6 Å². The summed E-state index contributed by atoms with van der Waals surface area (Å²) < 4.78 is 0. The van der Waals surface area contributed by atoms with E-state index in [0.717, 1.165) is 5.56 Å². The highest BCUT2D eigenvalue weighted by atomic mass is 16.3. The summed E-state index contributed by atoms with van der Waals surface area (Å²) in [6.45, 7) is 0. The van der Waals surface area contributed by atoms with Gasteiger partial charge in [-0.25, -0.2) is 0 Å². The summed E-state index contributed by atoms with van der Waals surface area (Å²) >= 11 is 0. The number of aliphatic hydroxyl groups is 1. The van der Waals surface area contributed by atoms with Gasteiger partial charge in [-0.3, -0.25) is 0 Å². The lowest BCUT2D eigenvalue weighted by Crippen LogP contribution is -2.34. The Morgan fingerprint density at radius 3 is 2.14 bits per heavy atom. The van der Waals surface area contributed by atoms with Gasteiger partial charge in [-0.05, 0) is 49.9 Å². The number of phenolic OH excluding ortho intramolecular Hbond substituents is 3. The minimum Gasteiger partial charge on any atom is -0.508 e. The van der Waals surface area contributed by atoms with Crippen LogP contribution < -0.4 is 0 Å². The molecular weight excluding hydrogens is 280 g/mol. The summed E-state index contributed by atoms with van der Waals surface area (Å²) in [5, 5.41) is 40.3. The fraction of sp³-hybridized carbons (Fsp3) is 0.333. The molecule has 1 saturated carbocycles. The van der Waals surface area contributed by atoms with Crippen molar-refractivity contribution in [2.45, 2.75) is 37.2 Å². The summed E-state index contributed by atoms with van der Waals surface area (Å²) in [4.78, 5) is 0. The molecule has 1 fully saturated rings. The quantitative estimate of drug-likeness (QED) is 0.643. The van der Waals surface area contributed by atoms with E-state index in [0.29, 0.717) is 31.2 Å². The molecule has 1 aliphatic rings. The Labute approximate surface area is 129 Å². The van der Waals surface area contributed by atoms with Gasteiger partial charge in [0.05, 0.1) is 6.10 Å². The van der Waals surface area contributed by atoms with Crippen molar-refractivity contribution in [1.82, 2.24) is 0 Å².